The number of rotatable bonds is 5. The summed E-state index contributed by atoms with van der Waals surface area (Å²) in [4.78, 5) is 13.1. The van der Waals surface area contributed by atoms with Gasteiger partial charge in [-0.05, 0) is 44.5 Å². The molecule has 1 N–H and O–H groups in total. The van der Waals surface area contributed by atoms with Crippen LogP contribution in [0, 0.1) is 13.8 Å². The first-order valence-corrected chi connectivity index (χ1v) is 6.66. The van der Waals surface area contributed by atoms with E-state index in [-0.39, 0.29) is 6.04 Å². The Labute approximate surface area is 114 Å². The summed E-state index contributed by atoms with van der Waals surface area (Å²) in [6.45, 7) is 7.01. The van der Waals surface area contributed by atoms with Gasteiger partial charge in [0.2, 0.25) is 0 Å². The molecule has 1 unspecified atom stereocenters. The molecule has 1 atom stereocenters. The number of pyridine rings is 1. The van der Waals surface area contributed by atoms with E-state index < -0.39 is 0 Å². The van der Waals surface area contributed by atoms with Crippen LogP contribution in [0.4, 0.5) is 0 Å². The quantitative estimate of drug-likeness (QED) is 0.893. The fourth-order valence-electron chi connectivity index (χ4n) is 1.97. The lowest BCUT2D eigenvalue weighted by molar-refractivity contribution is 0.582. The molecule has 0 aromatic carbocycles. The van der Waals surface area contributed by atoms with Crippen LogP contribution in [0.2, 0.25) is 0 Å². The zero-order valence-corrected chi connectivity index (χ0v) is 11.7. The maximum atomic E-state index is 4.52. The smallest absolute Gasteiger partial charge is 0.125 e. The average molecular weight is 256 g/mol. The van der Waals surface area contributed by atoms with Gasteiger partial charge in [0.25, 0.3) is 0 Å². The Morgan fingerprint density at radius 2 is 2.00 bits per heavy atom. The molecule has 0 spiro atoms. The molecule has 0 aliphatic carbocycles. The fraction of sp³-hybridized carbons (Fsp3) is 0.400. The number of hydrogen-bond donors (Lipinski definition) is 1. The summed E-state index contributed by atoms with van der Waals surface area (Å²) in [7, 11) is 0. The van der Waals surface area contributed by atoms with Gasteiger partial charge in [0.1, 0.15) is 5.82 Å². The van der Waals surface area contributed by atoms with Gasteiger partial charge >= 0.3 is 0 Å². The molecular weight excluding hydrogens is 236 g/mol. The third kappa shape index (κ3) is 3.58. The molecule has 0 saturated carbocycles. The van der Waals surface area contributed by atoms with Crippen LogP contribution in [0.25, 0.3) is 0 Å². The highest BCUT2D eigenvalue weighted by Crippen LogP contribution is 2.19. The Hall–Kier alpha value is -1.81. The lowest BCUT2D eigenvalue weighted by Crippen LogP contribution is -2.24. The molecule has 0 radical (unpaired) electrons. The standard InChI is InChI=1S/C15H20N4/c1-4-8-17-15(13-6-5-11(2)18-10-13)14-7-9-16-12(3)19-14/h5-7,9-10,15,17H,4,8H2,1-3H3. The van der Waals surface area contributed by atoms with Crippen LogP contribution in [0.3, 0.4) is 0 Å². The highest BCUT2D eigenvalue weighted by Gasteiger charge is 2.15. The van der Waals surface area contributed by atoms with Gasteiger partial charge in [0.05, 0.1) is 11.7 Å². The Balaban J connectivity index is 2.32. The molecule has 4 heteroatoms. The van der Waals surface area contributed by atoms with Crippen molar-refractivity contribution in [1.29, 1.82) is 0 Å². The van der Waals surface area contributed by atoms with Gasteiger partial charge in [-0.15, -0.1) is 0 Å². The summed E-state index contributed by atoms with van der Waals surface area (Å²) in [5, 5.41) is 3.52. The summed E-state index contributed by atoms with van der Waals surface area (Å²) in [6.07, 6.45) is 4.81. The molecule has 2 aromatic heterocycles. The van der Waals surface area contributed by atoms with Crippen LogP contribution < -0.4 is 5.32 Å². The minimum absolute atomic E-state index is 0.0785. The average Bonchev–Trinajstić information content (AvgIpc) is 2.41. The molecule has 19 heavy (non-hydrogen) atoms. The second-order valence-electron chi connectivity index (χ2n) is 4.65. The zero-order chi connectivity index (χ0) is 13.7. The monoisotopic (exact) mass is 256 g/mol. The summed E-state index contributed by atoms with van der Waals surface area (Å²) < 4.78 is 0. The van der Waals surface area contributed by atoms with Crippen molar-refractivity contribution in [2.24, 2.45) is 0 Å². The molecule has 0 fully saturated rings. The molecule has 2 heterocycles. The summed E-state index contributed by atoms with van der Waals surface area (Å²) >= 11 is 0. The molecule has 0 aliphatic heterocycles. The minimum atomic E-state index is 0.0785. The summed E-state index contributed by atoms with van der Waals surface area (Å²) in [5.74, 6) is 0.792. The third-order valence-electron chi connectivity index (χ3n) is 2.96. The normalized spacial score (nSPS) is 12.4. The van der Waals surface area contributed by atoms with Crippen LogP contribution in [-0.4, -0.2) is 21.5 Å². The van der Waals surface area contributed by atoms with E-state index in [2.05, 4.69) is 33.3 Å². The van der Waals surface area contributed by atoms with E-state index in [4.69, 9.17) is 0 Å². The van der Waals surface area contributed by atoms with Crippen molar-refractivity contribution >= 4 is 0 Å². The summed E-state index contributed by atoms with van der Waals surface area (Å²) in [5.41, 5.74) is 3.15. The number of nitrogens with one attached hydrogen (secondary N) is 1. The first kappa shape index (κ1) is 13.6. The lowest BCUT2D eigenvalue weighted by atomic mass is 10.0. The molecular formula is C15H20N4. The van der Waals surface area contributed by atoms with E-state index in [1.807, 2.05) is 32.2 Å². The van der Waals surface area contributed by atoms with Crippen LogP contribution in [-0.2, 0) is 0 Å². The largest absolute Gasteiger partial charge is 0.305 e. The molecule has 0 bridgehead atoms. The predicted octanol–water partition coefficient (Wildman–Crippen LogP) is 2.58. The van der Waals surface area contributed by atoms with Crippen molar-refractivity contribution in [2.75, 3.05) is 6.54 Å². The van der Waals surface area contributed by atoms with Crippen molar-refractivity contribution in [3.05, 3.63) is 53.4 Å². The van der Waals surface area contributed by atoms with Crippen LogP contribution >= 0.6 is 0 Å². The van der Waals surface area contributed by atoms with E-state index in [9.17, 15) is 0 Å². The Bertz CT molecular complexity index is 522. The highest BCUT2D eigenvalue weighted by atomic mass is 15.0. The van der Waals surface area contributed by atoms with Crippen molar-refractivity contribution in [3.8, 4) is 0 Å². The molecule has 2 rings (SSSR count). The van der Waals surface area contributed by atoms with Gasteiger partial charge in [-0.2, -0.15) is 0 Å². The van der Waals surface area contributed by atoms with E-state index >= 15 is 0 Å². The highest BCUT2D eigenvalue weighted by molar-refractivity contribution is 5.26. The Kier molecular flexibility index (Phi) is 4.58. The van der Waals surface area contributed by atoms with E-state index in [0.29, 0.717) is 0 Å². The molecule has 0 amide bonds. The predicted molar refractivity (Wildman–Crippen MR) is 75.9 cm³/mol. The van der Waals surface area contributed by atoms with Crippen LogP contribution in [0.1, 0.15) is 42.2 Å². The van der Waals surface area contributed by atoms with Gasteiger partial charge in [-0.25, -0.2) is 9.97 Å². The molecule has 0 saturated heterocycles. The third-order valence-corrected chi connectivity index (χ3v) is 2.96. The number of aryl methyl sites for hydroxylation is 2. The van der Waals surface area contributed by atoms with Crippen LogP contribution in [0.15, 0.2) is 30.6 Å². The van der Waals surface area contributed by atoms with Crippen LogP contribution in [0.5, 0.6) is 0 Å². The van der Waals surface area contributed by atoms with E-state index in [0.717, 1.165) is 35.7 Å². The van der Waals surface area contributed by atoms with Crippen molar-refractivity contribution in [3.63, 3.8) is 0 Å². The first-order valence-electron chi connectivity index (χ1n) is 6.66. The minimum Gasteiger partial charge on any atom is -0.305 e. The van der Waals surface area contributed by atoms with Crippen molar-refractivity contribution in [2.45, 2.75) is 33.2 Å². The van der Waals surface area contributed by atoms with Crippen molar-refractivity contribution < 1.29 is 0 Å². The lowest BCUT2D eigenvalue weighted by Gasteiger charge is -2.18. The zero-order valence-electron chi connectivity index (χ0n) is 11.7. The number of hydrogen-bond acceptors (Lipinski definition) is 4. The Morgan fingerprint density at radius 1 is 1.16 bits per heavy atom. The summed E-state index contributed by atoms with van der Waals surface area (Å²) in [6, 6.07) is 6.17. The van der Waals surface area contributed by atoms with E-state index in [1.165, 1.54) is 0 Å². The second-order valence-corrected chi connectivity index (χ2v) is 4.65. The molecule has 0 aliphatic rings. The fourth-order valence-corrected chi connectivity index (χ4v) is 1.97. The number of nitrogens with zero attached hydrogens (tertiary/aromatic N) is 3. The maximum absolute atomic E-state index is 4.52. The van der Waals surface area contributed by atoms with Crippen molar-refractivity contribution in [1.82, 2.24) is 20.3 Å². The van der Waals surface area contributed by atoms with Gasteiger partial charge in [-0.1, -0.05) is 13.0 Å². The van der Waals surface area contributed by atoms with Gasteiger partial charge < -0.3 is 5.32 Å². The number of aromatic nitrogens is 3. The molecule has 4 nitrogen and oxygen atoms in total. The Morgan fingerprint density at radius 3 is 2.63 bits per heavy atom. The second kappa shape index (κ2) is 6.38. The SMILES string of the molecule is CCCNC(c1ccc(C)nc1)c1ccnc(C)n1. The molecule has 2 aromatic rings. The van der Waals surface area contributed by atoms with Gasteiger partial charge in [-0.3, -0.25) is 4.98 Å². The van der Waals surface area contributed by atoms with Gasteiger partial charge in [0, 0.05) is 18.1 Å². The maximum Gasteiger partial charge on any atom is 0.125 e. The van der Waals surface area contributed by atoms with Gasteiger partial charge in [0.15, 0.2) is 0 Å². The molecule has 100 valence electrons. The topological polar surface area (TPSA) is 50.7 Å². The first-order chi connectivity index (χ1) is 9.20. The van der Waals surface area contributed by atoms with E-state index in [1.54, 1.807) is 6.20 Å².